The minimum absolute atomic E-state index is 0.0649. The summed E-state index contributed by atoms with van der Waals surface area (Å²) in [5.74, 6) is 1.37. The van der Waals surface area contributed by atoms with E-state index in [-0.39, 0.29) is 11.9 Å². The van der Waals surface area contributed by atoms with Crippen LogP contribution < -0.4 is 19.9 Å². The van der Waals surface area contributed by atoms with Crippen molar-refractivity contribution in [2.45, 2.75) is 6.04 Å². The van der Waals surface area contributed by atoms with Crippen LogP contribution in [0, 0.1) is 0 Å². The van der Waals surface area contributed by atoms with E-state index in [1.54, 1.807) is 17.0 Å². The largest absolute Gasteiger partial charge is 0.496 e. The molecule has 0 unspecified atom stereocenters. The molecule has 0 radical (unpaired) electrons. The first-order valence-electron chi connectivity index (χ1n) is 5.95. The monoisotopic (exact) mass is 266 g/mol. The van der Waals surface area contributed by atoms with Crippen LogP contribution in [-0.4, -0.2) is 51.3 Å². The van der Waals surface area contributed by atoms with Crippen molar-refractivity contribution in [3.05, 3.63) is 17.7 Å². The molecule has 1 aliphatic rings. The summed E-state index contributed by atoms with van der Waals surface area (Å²) >= 11 is 0. The Morgan fingerprint density at radius 1 is 1.11 bits per heavy atom. The number of hydrogen-bond acceptors (Lipinski definition) is 5. The number of nitrogens with zero attached hydrogens (tertiary/aromatic N) is 1. The predicted molar refractivity (Wildman–Crippen MR) is 70.0 cm³/mol. The zero-order valence-electron chi connectivity index (χ0n) is 11.3. The normalized spacial score (nSPS) is 14.8. The third-order valence-electron chi connectivity index (χ3n) is 3.13. The maximum atomic E-state index is 12.3. The van der Waals surface area contributed by atoms with Gasteiger partial charge in [0.2, 0.25) is 0 Å². The van der Waals surface area contributed by atoms with E-state index < -0.39 is 0 Å². The summed E-state index contributed by atoms with van der Waals surface area (Å²) in [6, 6.07) is 3.34. The number of carbonyl (C=O) groups is 1. The maximum Gasteiger partial charge on any atom is 0.257 e. The molecule has 0 spiro atoms. The van der Waals surface area contributed by atoms with Gasteiger partial charge in [-0.05, 0) is 0 Å². The smallest absolute Gasteiger partial charge is 0.257 e. The van der Waals surface area contributed by atoms with Gasteiger partial charge in [0.15, 0.2) is 11.5 Å². The summed E-state index contributed by atoms with van der Waals surface area (Å²) < 4.78 is 15.6. The predicted octanol–water partition coefficient (Wildman–Crippen LogP) is 0.495. The number of benzene rings is 1. The maximum absolute atomic E-state index is 12.3. The van der Waals surface area contributed by atoms with E-state index in [1.165, 1.54) is 21.3 Å². The van der Waals surface area contributed by atoms with Gasteiger partial charge in [-0.15, -0.1) is 0 Å². The van der Waals surface area contributed by atoms with Crippen molar-refractivity contribution in [1.82, 2.24) is 4.90 Å². The van der Waals surface area contributed by atoms with E-state index in [2.05, 4.69) is 0 Å². The van der Waals surface area contributed by atoms with Gasteiger partial charge in [0.05, 0.1) is 26.9 Å². The fourth-order valence-corrected chi connectivity index (χ4v) is 2.05. The van der Waals surface area contributed by atoms with E-state index in [0.717, 1.165) is 0 Å². The second-order valence-corrected chi connectivity index (χ2v) is 4.38. The second-order valence-electron chi connectivity index (χ2n) is 4.38. The molecular formula is C13H18N2O4. The van der Waals surface area contributed by atoms with Crippen LogP contribution in [0.2, 0.25) is 0 Å². The van der Waals surface area contributed by atoms with Gasteiger partial charge in [0, 0.05) is 31.3 Å². The molecule has 2 rings (SSSR count). The van der Waals surface area contributed by atoms with Gasteiger partial charge in [-0.25, -0.2) is 0 Å². The fourth-order valence-electron chi connectivity index (χ4n) is 2.05. The Morgan fingerprint density at radius 2 is 1.63 bits per heavy atom. The lowest BCUT2D eigenvalue weighted by molar-refractivity contribution is 0.0604. The van der Waals surface area contributed by atoms with Gasteiger partial charge in [-0.1, -0.05) is 0 Å². The second kappa shape index (κ2) is 5.36. The van der Waals surface area contributed by atoms with Crippen LogP contribution in [0.5, 0.6) is 17.2 Å². The molecule has 104 valence electrons. The number of amides is 1. The van der Waals surface area contributed by atoms with Crippen LogP contribution in [0.25, 0.3) is 0 Å². The summed E-state index contributed by atoms with van der Waals surface area (Å²) in [4.78, 5) is 14.0. The summed E-state index contributed by atoms with van der Waals surface area (Å²) in [6.45, 7) is 1.13. The molecule has 19 heavy (non-hydrogen) atoms. The molecule has 6 heteroatoms. The lowest BCUT2D eigenvalue weighted by Gasteiger charge is -2.37. The van der Waals surface area contributed by atoms with Crippen molar-refractivity contribution < 1.29 is 19.0 Å². The van der Waals surface area contributed by atoms with E-state index in [0.29, 0.717) is 35.9 Å². The summed E-state index contributed by atoms with van der Waals surface area (Å²) in [6.07, 6.45) is 0. The number of methoxy groups -OCH3 is 3. The third-order valence-corrected chi connectivity index (χ3v) is 3.13. The van der Waals surface area contributed by atoms with Gasteiger partial charge in [-0.2, -0.15) is 0 Å². The van der Waals surface area contributed by atoms with Gasteiger partial charge >= 0.3 is 0 Å². The number of hydrogen-bond donors (Lipinski definition) is 1. The molecule has 6 nitrogen and oxygen atoms in total. The molecule has 1 saturated heterocycles. The van der Waals surface area contributed by atoms with E-state index in [9.17, 15) is 4.79 Å². The number of rotatable bonds is 4. The Hall–Kier alpha value is -1.95. The van der Waals surface area contributed by atoms with Crippen molar-refractivity contribution in [1.29, 1.82) is 0 Å². The van der Waals surface area contributed by atoms with Crippen molar-refractivity contribution in [2.24, 2.45) is 5.73 Å². The number of ether oxygens (including phenoxy) is 3. The van der Waals surface area contributed by atoms with Crippen LogP contribution in [0.4, 0.5) is 0 Å². The van der Waals surface area contributed by atoms with Crippen molar-refractivity contribution in [2.75, 3.05) is 34.4 Å². The lowest BCUT2D eigenvalue weighted by atomic mass is 10.1. The number of carbonyl (C=O) groups excluding carboxylic acids is 1. The summed E-state index contributed by atoms with van der Waals surface area (Å²) in [5.41, 5.74) is 6.14. The Labute approximate surface area is 112 Å². The molecular weight excluding hydrogens is 248 g/mol. The zero-order chi connectivity index (χ0) is 14.0. The molecule has 0 atom stereocenters. The molecule has 1 amide bonds. The van der Waals surface area contributed by atoms with Gasteiger partial charge in [0.25, 0.3) is 5.91 Å². The quantitative estimate of drug-likeness (QED) is 0.858. The highest BCUT2D eigenvalue weighted by atomic mass is 16.5. The third kappa shape index (κ3) is 2.44. The molecule has 1 fully saturated rings. The van der Waals surface area contributed by atoms with Gasteiger partial charge < -0.3 is 24.8 Å². The number of nitrogens with two attached hydrogens (primary N) is 1. The van der Waals surface area contributed by atoms with Crippen LogP contribution in [0.3, 0.4) is 0 Å². The topological polar surface area (TPSA) is 74.0 Å². The highest BCUT2D eigenvalue weighted by molar-refractivity contribution is 5.98. The standard InChI is InChI=1S/C13H18N2O4/c1-17-10-5-12(19-3)11(18-2)4-9(10)13(16)15-6-8(14)7-15/h4-5,8H,6-7,14H2,1-3H3. The molecule has 1 heterocycles. The molecule has 0 saturated carbocycles. The summed E-state index contributed by atoms with van der Waals surface area (Å²) in [7, 11) is 4.57. The van der Waals surface area contributed by atoms with Crippen LogP contribution in [-0.2, 0) is 0 Å². The fraction of sp³-hybridized carbons (Fsp3) is 0.462. The Bertz CT molecular complexity index is 484. The van der Waals surface area contributed by atoms with Gasteiger partial charge in [-0.3, -0.25) is 4.79 Å². The first-order chi connectivity index (χ1) is 9.10. The zero-order valence-corrected chi connectivity index (χ0v) is 11.3. The van der Waals surface area contributed by atoms with Gasteiger partial charge in [0.1, 0.15) is 5.75 Å². The molecule has 0 aliphatic carbocycles. The minimum Gasteiger partial charge on any atom is -0.496 e. The van der Waals surface area contributed by atoms with Crippen LogP contribution in [0.15, 0.2) is 12.1 Å². The molecule has 1 aromatic rings. The molecule has 1 aromatic carbocycles. The van der Waals surface area contributed by atoms with Crippen molar-refractivity contribution in [3.8, 4) is 17.2 Å². The Balaban J connectivity index is 2.35. The van der Waals surface area contributed by atoms with E-state index in [4.69, 9.17) is 19.9 Å². The molecule has 2 N–H and O–H groups in total. The number of likely N-dealkylation sites (tertiary alicyclic amines) is 1. The average Bonchev–Trinajstić information content (AvgIpc) is 2.41. The minimum atomic E-state index is -0.112. The van der Waals surface area contributed by atoms with Crippen molar-refractivity contribution in [3.63, 3.8) is 0 Å². The molecule has 0 aromatic heterocycles. The van der Waals surface area contributed by atoms with E-state index >= 15 is 0 Å². The highest BCUT2D eigenvalue weighted by Gasteiger charge is 2.30. The van der Waals surface area contributed by atoms with Crippen LogP contribution >= 0.6 is 0 Å². The SMILES string of the molecule is COc1cc(OC)c(C(=O)N2CC(N)C2)cc1OC. The van der Waals surface area contributed by atoms with Crippen LogP contribution in [0.1, 0.15) is 10.4 Å². The molecule has 1 aliphatic heterocycles. The van der Waals surface area contributed by atoms with Crippen molar-refractivity contribution >= 4 is 5.91 Å². The average molecular weight is 266 g/mol. The Kier molecular flexibility index (Phi) is 3.80. The molecule has 0 bridgehead atoms. The lowest BCUT2D eigenvalue weighted by Crippen LogP contribution is -2.57. The highest BCUT2D eigenvalue weighted by Crippen LogP contribution is 2.35. The van der Waals surface area contributed by atoms with E-state index in [1.807, 2.05) is 0 Å². The first-order valence-corrected chi connectivity index (χ1v) is 5.95. The first kappa shape index (κ1) is 13.5. The Morgan fingerprint density at radius 3 is 2.11 bits per heavy atom. The summed E-state index contributed by atoms with van der Waals surface area (Å²) in [5, 5.41) is 0.